The molecule has 1 saturated heterocycles. The van der Waals surface area contributed by atoms with Crippen molar-refractivity contribution in [1.29, 1.82) is 0 Å². The molecule has 0 aromatic carbocycles. The maximum atomic E-state index is 12.0. The van der Waals surface area contributed by atoms with Crippen LogP contribution in [-0.4, -0.2) is 36.1 Å². The zero-order valence-corrected chi connectivity index (χ0v) is 12.9. The summed E-state index contributed by atoms with van der Waals surface area (Å²) in [6.07, 6.45) is 3.63. The third-order valence-corrected chi connectivity index (χ3v) is 4.00. The molecule has 0 spiro atoms. The van der Waals surface area contributed by atoms with Crippen LogP contribution in [0.1, 0.15) is 52.9 Å². The van der Waals surface area contributed by atoms with E-state index in [0.29, 0.717) is 12.3 Å². The van der Waals surface area contributed by atoms with Gasteiger partial charge in [0.2, 0.25) is 5.91 Å². The highest BCUT2D eigenvalue weighted by Gasteiger charge is 2.28. The molecule has 0 aromatic rings. The van der Waals surface area contributed by atoms with Gasteiger partial charge in [-0.1, -0.05) is 20.8 Å². The summed E-state index contributed by atoms with van der Waals surface area (Å²) in [5.41, 5.74) is -0.247. The highest BCUT2D eigenvalue weighted by Crippen LogP contribution is 2.23. The number of carbonyl (C=O) groups excluding carboxylic acids is 1. The van der Waals surface area contributed by atoms with E-state index in [1.165, 1.54) is 0 Å². The molecule has 1 heterocycles. The van der Waals surface area contributed by atoms with Gasteiger partial charge < -0.3 is 15.7 Å². The number of nitrogens with one attached hydrogen (secondary N) is 2. The summed E-state index contributed by atoms with van der Waals surface area (Å²) in [5, 5.41) is 15.1. The Morgan fingerprint density at radius 1 is 1.30 bits per heavy atom. The maximum absolute atomic E-state index is 12.0. The number of aliphatic carboxylic acids is 1. The minimum atomic E-state index is -0.872. The monoisotopic (exact) mass is 284 g/mol. The van der Waals surface area contributed by atoms with Crippen molar-refractivity contribution in [3.8, 4) is 0 Å². The summed E-state index contributed by atoms with van der Waals surface area (Å²) in [5.74, 6) is -0.275. The van der Waals surface area contributed by atoms with E-state index in [1.54, 1.807) is 0 Å². The second kappa shape index (κ2) is 7.62. The first-order chi connectivity index (χ1) is 9.29. The van der Waals surface area contributed by atoms with E-state index in [2.05, 4.69) is 10.6 Å². The molecule has 0 bridgehead atoms. The lowest BCUT2D eigenvalue weighted by molar-refractivity contribution is -0.138. The van der Waals surface area contributed by atoms with Gasteiger partial charge in [0.05, 0.1) is 6.42 Å². The maximum Gasteiger partial charge on any atom is 0.305 e. The van der Waals surface area contributed by atoms with E-state index in [4.69, 9.17) is 5.11 Å². The molecule has 20 heavy (non-hydrogen) atoms. The lowest BCUT2D eigenvalue weighted by atomic mass is 9.84. The molecule has 1 amide bonds. The summed E-state index contributed by atoms with van der Waals surface area (Å²) in [7, 11) is 0. The predicted octanol–water partition coefficient (Wildman–Crippen LogP) is 1.77. The minimum Gasteiger partial charge on any atom is -0.481 e. The van der Waals surface area contributed by atoms with E-state index in [1.807, 2.05) is 20.8 Å². The molecular formula is C15H28N2O3. The van der Waals surface area contributed by atoms with Crippen LogP contribution in [0.25, 0.3) is 0 Å². The van der Waals surface area contributed by atoms with E-state index in [9.17, 15) is 9.59 Å². The van der Waals surface area contributed by atoms with Gasteiger partial charge in [0, 0.05) is 12.5 Å². The Labute approximate surface area is 121 Å². The Hall–Kier alpha value is -1.10. The van der Waals surface area contributed by atoms with Crippen molar-refractivity contribution in [2.75, 3.05) is 13.1 Å². The fourth-order valence-corrected chi connectivity index (χ4v) is 2.52. The summed E-state index contributed by atoms with van der Waals surface area (Å²) >= 11 is 0. The van der Waals surface area contributed by atoms with Gasteiger partial charge in [-0.05, 0) is 43.7 Å². The molecule has 1 aliphatic heterocycles. The van der Waals surface area contributed by atoms with Gasteiger partial charge in [0.15, 0.2) is 0 Å². The first-order valence-corrected chi connectivity index (χ1v) is 7.51. The number of rotatable bonds is 6. The van der Waals surface area contributed by atoms with Crippen molar-refractivity contribution >= 4 is 11.9 Å². The lowest BCUT2D eigenvalue weighted by Gasteiger charge is -2.30. The second-order valence-electron chi connectivity index (χ2n) is 6.82. The van der Waals surface area contributed by atoms with E-state index in [-0.39, 0.29) is 23.8 Å². The van der Waals surface area contributed by atoms with Crippen LogP contribution in [-0.2, 0) is 9.59 Å². The van der Waals surface area contributed by atoms with Crippen molar-refractivity contribution in [1.82, 2.24) is 10.6 Å². The summed E-state index contributed by atoms with van der Waals surface area (Å²) in [4.78, 5) is 22.9. The fourth-order valence-electron chi connectivity index (χ4n) is 2.52. The summed E-state index contributed by atoms with van der Waals surface area (Å²) in [6, 6.07) is -0.319. The van der Waals surface area contributed by atoms with Gasteiger partial charge >= 0.3 is 5.97 Å². The lowest BCUT2D eigenvalue weighted by Crippen LogP contribution is -2.45. The van der Waals surface area contributed by atoms with Gasteiger partial charge in [0.25, 0.3) is 0 Å². The number of amides is 1. The zero-order valence-electron chi connectivity index (χ0n) is 12.9. The molecule has 3 N–H and O–H groups in total. The van der Waals surface area contributed by atoms with Gasteiger partial charge in [-0.2, -0.15) is 0 Å². The average molecular weight is 284 g/mol. The quantitative estimate of drug-likeness (QED) is 0.694. The number of hydrogen-bond donors (Lipinski definition) is 3. The molecule has 1 fully saturated rings. The normalized spacial score (nSPS) is 18.6. The molecule has 5 heteroatoms. The summed E-state index contributed by atoms with van der Waals surface area (Å²) in [6.45, 7) is 7.93. The van der Waals surface area contributed by atoms with E-state index < -0.39 is 5.97 Å². The van der Waals surface area contributed by atoms with E-state index in [0.717, 1.165) is 32.4 Å². The third kappa shape index (κ3) is 6.37. The molecule has 116 valence electrons. The van der Waals surface area contributed by atoms with Crippen molar-refractivity contribution in [3.05, 3.63) is 0 Å². The largest absolute Gasteiger partial charge is 0.481 e. The Morgan fingerprint density at radius 2 is 1.90 bits per heavy atom. The molecule has 1 unspecified atom stereocenters. The molecule has 0 saturated carbocycles. The van der Waals surface area contributed by atoms with Crippen LogP contribution in [0.5, 0.6) is 0 Å². The van der Waals surface area contributed by atoms with Crippen molar-refractivity contribution in [2.45, 2.75) is 58.9 Å². The number of carbonyl (C=O) groups is 2. The van der Waals surface area contributed by atoms with Gasteiger partial charge in [-0.25, -0.2) is 0 Å². The van der Waals surface area contributed by atoms with Crippen LogP contribution in [0, 0.1) is 11.3 Å². The summed E-state index contributed by atoms with van der Waals surface area (Å²) < 4.78 is 0. The van der Waals surface area contributed by atoms with Crippen molar-refractivity contribution < 1.29 is 14.7 Å². The molecule has 0 aromatic heterocycles. The number of carboxylic acids is 1. The predicted molar refractivity (Wildman–Crippen MR) is 78.5 cm³/mol. The average Bonchev–Trinajstić information content (AvgIpc) is 2.35. The topological polar surface area (TPSA) is 78.4 Å². The van der Waals surface area contributed by atoms with Crippen LogP contribution in [0.15, 0.2) is 0 Å². The van der Waals surface area contributed by atoms with Crippen LogP contribution < -0.4 is 10.6 Å². The Morgan fingerprint density at radius 3 is 2.40 bits per heavy atom. The molecule has 5 nitrogen and oxygen atoms in total. The SMILES string of the molecule is CC(C)(C)C(CC(=O)O)NC(=O)CCC1CCNCC1. The van der Waals surface area contributed by atoms with Crippen molar-refractivity contribution in [2.24, 2.45) is 11.3 Å². The van der Waals surface area contributed by atoms with Crippen LogP contribution in [0.4, 0.5) is 0 Å². The standard InChI is InChI=1S/C15H28N2O3/c1-15(2,3)12(10-14(19)20)17-13(18)5-4-11-6-8-16-9-7-11/h11-12,16H,4-10H2,1-3H3,(H,17,18)(H,19,20). The Bertz CT molecular complexity index is 331. The first kappa shape index (κ1) is 17.0. The molecule has 1 rings (SSSR count). The van der Waals surface area contributed by atoms with Crippen LogP contribution in [0.2, 0.25) is 0 Å². The number of carboxylic acid groups (broad SMARTS) is 1. The molecular weight excluding hydrogens is 256 g/mol. The molecule has 0 aliphatic carbocycles. The molecule has 1 aliphatic rings. The smallest absolute Gasteiger partial charge is 0.305 e. The zero-order chi connectivity index (χ0) is 15.2. The molecule has 1 atom stereocenters. The van der Waals surface area contributed by atoms with Crippen LogP contribution >= 0.6 is 0 Å². The van der Waals surface area contributed by atoms with E-state index >= 15 is 0 Å². The fraction of sp³-hybridized carbons (Fsp3) is 0.867. The Kier molecular flexibility index (Phi) is 6.46. The Balaban J connectivity index is 2.39. The first-order valence-electron chi connectivity index (χ1n) is 7.51. The highest BCUT2D eigenvalue weighted by atomic mass is 16.4. The van der Waals surface area contributed by atoms with Gasteiger partial charge in [0.1, 0.15) is 0 Å². The van der Waals surface area contributed by atoms with Crippen molar-refractivity contribution in [3.63, 3.8) is 0 Å². The van der Waals surface area contributed by atoms with Gasteiger partial charge in [-0.15, -0.1) is 0 Å². The minimum absolute atomic E-state index is 0.0234. The highest BCUT2D eigenvalue weighted by molar-refractivity contribution is 5.77. The van der Waals surface area contributed by atoms with Crippen LogP contribution in [0.3, 0.4) is 0 Å². The second-order valence-corrected chi connectivity index (χ2v) is 6.82. The van der Waals surface area contributed by atoms with Gasteiger partial charge in [-0.3, -0.25) is 9.59 Å². The molecule has 0 radical (unpaired) electrons. The number of hydrogen-bond acceptors (Lipinski definition) is 3. The number of piperidine rings is 1. The third-order valence-electron chi connectivity index (χ3n) is 4.00.